The van der Waals surface area contributed by atoms with Gasteiger partial charge in [0.05, 0.1) is 21.5 Å². The van der Waals surface area contributed by atoms with Gasteiger partial charge in [-0.05, 0) is 56.1 Å². The topological polar surface area (TPSA) is 104 Å². The molecular weight excluding hydrogens is 520 g/mol. The summed E-state index contributed by atoms with van der Waals surface area (Å²) in [7, 11) is 0. The number of nitrogens with zero attached hydrogens (tertiary/aromatic N) is 4. The lowest BCUT2D eigenvalue weighted by Gasteiger charge is -1.97. The highest BCUT2D eigenvalue weighted by Crippen LogP contribution is 2.34. The van der Waals surface area contributed by atoms with Crippen LogP contribution in [-0.4, -0.2) is 19.1 Å². The maximum absolute atomic E-state index is 13.1. The van der Waals surface area contributed by atoms with E-state index in [0.717, 1.165) is 9.13 Å². The Kier molecular flexibility index (Phi) is 4.16. The fourth-order valence-electron chi connectivity index (χ4n) is 3.51. The maximum Gasteiger partial charge on any atom is 0.268 e. The Morgan fingerprint density at radius 1 is 0.567 bits per heavy atom. The van der Waals surface area contributed by atoms with E-state index in [1.165, 1.54) is 24.5 Å². The molecule has 0 saturated carbocycles. The van der Waals surface area contributed by atoms with Crippen LogP contribution in [0.4, 0.5) is 0 Å². The van der Waals surface area contributed by atoms with Crippen LogP contribution in [0.2, 0.25) is 0 Å². The van der Waals surface area contributed by atoms with Crippen molar-refractivity contribution in [3.63, 3.8) is 0 Å². The molecule has 5 aromatic rings. The molecule has 4 aromatic heterocycles. The van der Waals surface area contributed by atoms with E-state index in [-0.39, 0.29) is 42.1 Å². The molecule has 0 bridgehead atoms. The van der Waals surface area contributed by atoms with Crippen LogP contribution < -0.4 is 22.2 Å². The van der Waals surface area contributed by atoms with Gasteiger partial charge >= 0.3 is 0 Å². The van der Waals surface area contributed by atoms with Crippen molar-refractivity contribution in [2.75, 3.05) is 0 Å². The second kappa shape index (κ2) is 6.64. The minimum absolute atomic E-state index is 0.000277. The van der Waals surface area contributed by atoms with Crippen molar-refractivity contribution in [1.82, 2.24) is 19.1 Å². The van der Waals surface area contributed by atoms with Gasteiger partial charge in [0, 0.05) is 21.3 Å². The molecule has 1 aromatic carbocycles. The molecule has 0 atom stereocenters. The quantitative estimate of drug-likeness (QED) is 0.348. The molecule has 8 nitrogen and oxygen atoms in total. The summed E-state index contributed by atoms with van der Waals surface area (Å²) in [6, 6.07) is 9.66. The Bertz CT molecular complexity index is 1470. The first-order valence-electron chi connectivity index (χ1n) is 8.58. The Hall–Kier alpha value is -3.24. The number of rotatable bonds is 2. The van der Waals surface area contributed by atoms with Gasteiger partial charge in [0.2, 0.25) is 0 Å². The van der Waals surface area contributed by atoms with E-state index < -0.39 is 22.2 Å². The lowest BCUT2D eigenvalue weighted by Crippen LogP contribution is -2.25. The van der Waals surface area contributed by atoms with Crippen molar-refractivity contribution in [3.05, 3.63) is 99.2 Å². The predicted octanol–water partition coefficient (Wildman–Crippen LogP) is 2.21. The maximum atomic E-state index is 13.1. The smallest absolute Gasteiger partial charge is 0.268 e. The van der Waals surface area contributed by atoms with E-state index in [0.29, 0.717) is 0 Å². The van der Waals surface area contributed by atoms with E-state index in [4.69, 9.17) is 0 Å². The second-order valence-corrected chi connectivity index (χ2v) is 7.98. The van der Waals surface area contributed by atoms with Crippen LogP contribution in [0, 0.1) is 0 Å². The SMILES string of the molecule is O=c1c2c(Br)c3c(=O)n(-c4ccccn4)c(=O)c3c(Br)c2c(=O)n1-c1ccccn1. The Balaban J connectivity index is 2.01. The van der Waals surface area contributed by atoms with E-state index >= 15 is 0 Å². The Labute approximate surface area is 183 Å². The summed E-state index contributed by atoms with van der Waals surface area (Å²) in [4.78, 5) is 60.6. The van der Waals surface area contributed by atoms with Crippen molar-refractivity contribution in [2.24, 2.45) is 0 Å². The van der Waals surface area contributed by atoms with Crippen molar-refractivity contribution in [3.8, 4) is 11.6 Å². The van der Waals surface area contributed by atoms with Gasteiger partial charge < -0.3 is 0 Å². The molecule has 0 aliphatic carbocycles. The van der Waals surface area contributed by atoms with E-state index in [9.17, 15) is 19.2 Å². The van der Waals surface area contributed by atoms with Gasteiger partial charge in [-0.15, -0.1) is 0 Å². The number of hydrogen-bond donors (Lipinski definition) is 0. The summed E-state index contributed by atoms with van der Waals surface area (Å²) in [5, 5.41) is 0.00111. The molecule has 146 valence electrons. The summed E-state index contributed by atoms with van der Waals surface area (Å²) >= 11 is 6.58. The first-order chi connectivity index (χ1) is 14.4. The zero-order chi connectivity index (χ0) is 21.2. The van der Waals surface area contributed by atoms with Gasteiger partial charge in [-0.3, -0.25) is 19.2 Å². The highest BCUT2D eigenvalue weighted by Gasteiger charge is 2.28. The molecule has 0 amide bonds. The Morgan fingerprint density at radius 3 is 1.17 bits per heavy atom. The zero-order valence-electron chi connectivity index (χ0n) is 14.8. The van der Waals surface area contributed by atoms with Crippen LogP contribution >= 0.6 is 31.9 Å². The molecular formula is C20H8Br2N4O4. The molecule has 0 aliphatic heterocycles. The van der Waals surface area contributed by atoms with Crippen LogP contribution in [-0.2, 0) is 0 Å². The third-order valence-electron chi connectivity index (χ3n) is 4.80. The van der Waals surface area contributed by atoms with Crippen molar-refractivity contribution < 1.29 is 0 Å². The highest BCUT2D eigenvalue weighted by molar-refractivity contribution is 9.11. The zero-order valence-corrected chi connectivity index (χ0v) is 18.0. The van der Waals surface area contributed by atoms with Gasteiger partial charge in [0.1, 0.15) is 11.6 Å². The number of pyridine rings is 2. The average molecular weight is 528 g/mol. The van der Waals surface area contributed by atoms with Gasteiger partial charge in [0.25, 0.3) is 22.2 Å². The first-order valence-corrected chi connectivity index (χ1v) is 10.2. The third kappa shape index (κ3) is 2.37. The molecule has 0 N–H and O–H groups in total. The monoisotopic (exact) mass is 526 g/mol. The molecule has 0 spiro atoms. The Morgan fingerprint density at radius 2 is 0.900 bits per heavy atom. The van der Waals surface area contributed by atoms with Crippen molar-refractivity contribution >= 4 is 53.4 Å². The summed E-state index contributed by atoms with van der Waals surface area (Å²) in [6.07, 6.45) is 2.92. The summed E-state index contributed by atoms with van der Waals surface area (Å²) in [5.74, 6) is 0.297. The van der Waals surface area contributed by atoms with Gasteiger partial charge in [0.15, 0.2) is 0 Å². The van der Waals surface area contributed by atoms with Crippen LogP contribution in [0.1, 0.15) is 0 Å². The lowest BCUT2D eigenvalue weighted by molar-refractivity contribution is 0.937. The van der Waals surface area contributed by atoms with Crippen LogP contribution in [0.3, 0.4) is 0 Å². The molecule has 0 aliphatic rings. The third-order valence-corrected chi connectivity index (χ3v) is 6.39. The molecule has 30 heavy (non-hydrogen) atoms. The normalized spacial score (nSPS) is 11.5. The van der Waals surface area contributed by atoms with Crippen molar-refractivity contribution in [1.29, 1.82) is 0 Å². The van der Waals surface area contributed by atoms with Crippen LogP contribution in [0.5, 0.6) is 0 Å². The molecule has 5 rings (SSSR count). The molecule has 0 saturated heterocycles. The number of benzene rings is 1. The van der Waals surface area contributed by atoms with Crippen LogP contribution in [0.15, 0.2) is 76.9 Å². The van der Waals surface area contributed by atoms with Crippen LogP contribution in [0.25, 0.3) is 33.2 Å². The van der Waals surface area contributed by atoms with Gasteiger partial charge in [-0.1, -0.05) is 12.1 Å². The van der Waals surface area contributed by atoms with Gasteiger partial charge in [-0.25, -0.2) is 19.1 Å². The minimum Gasteiger partial charge on any atom is -0.268 e. The molecule has 0 unspecified atom stereocenters. The van der Waals surface area contributed by atoms with E-state index in [2.05, 4.69) is 41.8 Å². The lowest BCUT2D eigenvalue weighted by atomic mass is 10.1. The number of halogens is 2. The number of fused-ring (bicyclic) bond motifs is 2. The highest BCUT2D eigenvalue weighted by atomic mass is 79.9. The molecule has 10 heteroatoms. The summed E-state index contributed by atoms with van der Waals surface area (Å²) < 4.78 is 2.01. The minimum atomic E-state index is -0.638. The second-order valence-electron chi connectivity index (χ2n) is 6.40. The molecule has 0 radical (unpaired) electrons. The average Bonchev–Trinajstić information content (AvgIpc) is 3.17. The number of aromatic nitrogens is 4. The first kappa shape index (κ1) is 18.8. The number of hydrogen-bond acceptors (Lipinski definition) is 6. The summed E-state index contributed by atoms with van der Waals surface area (Å²) in [6.45, 7) is 0. The fourth-order valence-corrected chi connectivity index (χ4v) is 4.98. The molecule has 0 fully saturated rings. The van der Waals surface area contributed by atoms with Gasteiger partial charge in [-0.2, -0.15) is 0 Å². The largest absolute Gasteiger partial charge is 0.268 e. The molecule has 4 heterocycles. The van der Waals surface area contributed by atoms with E-state index in [1.807, 2.05) is 0 Å². The van der Waals surface area contributed by atoms with Crippen molar-refractivity contribution in [2.45, 2.75) is 0 Å². The van der Waals surface area contributed by atoms with E-state index in [1.54, 1.807) is 24.3 Å². The predicted molar refractivity (Wildman–Crippen MR) is 119 cm³/mol. The fraction of sp³-hybridized carbons (Fsp3) is 0. The standard InChI is InChI=1S/C20H8Br2N4O4/c21-15-11-12(18(28)25(17(11)27)9-5-1-3-7-23-9)16(22)14-13(15)19(29)26(20(14)30)10-6-2-4-8-24-10/h1-8H. The summed E-state index contributed by atoms with van der Waals surface area (Å²) in [5.41, 5.74) is -2.55.